The fraction of sp³-hybridized carbons (Fsp3) is 0.833. The third-order valence-corrected chi connectivity index (χ3v) is 1.24. The zero-order valence-corrected chi connectivity index (χ0v) is 6.98. The van der Waals surface area contributed by atoms with Crippen LogP contribution in [-0.4, -0.2) is 33.5 Å². The molecule has 0 bridgehead atoms. The second kappa shape index (κ2) is 8.03. The first kappa shape index (κ1) is 9.03. The van der Waals surface area contributed by atoms with E-state index in [0.717, 1.165) is 19.4 Å². The molecular formula is C6H10FNSe. The van der Waals surface area contributed by atoms with Crippen molar-refractivity contribution in [3.8, 4) is 0 Å². The summed E-state index contributed by atoms with van der Waals surface area (Å²) in [4.78, 5) is 3.82. The van der Waals surface area contributed by atoms with Crippen LogP contribution in [0.4, 0.5) is 4.39 Å². The molecule has 0 amide bonds. The number of rotatable bonds is 5. The average Bonchev–Trinajstić information content (AvgIpc) is 1.89. The molecule has 0 heterocycles. The third kappa shape index (κ3) is 8.03. The summed E-state index contributed by atoms with van der Waals surface area (Å²) in [6, 6.07) is 0. The molecule has 0 saturated carbocycles. The van der Waals surface area contributed by atoms with Gasteiger partial charge in [-0.2, -0.15) is 0 Å². The molecular weight excluding hydrogens is 184 g/mol. The normalized spacial score (nSPS) is 8.56. The molecule has 0 aromatic heterocycles. The first-order chi connectivity index (χ1) is 4.41. The molecule has 0 unspecified atom stereocenters. The van der Waals surface area contributed by atoms with Gasteiger partial charge in [-0.1, -0.05) is 0 Å². The summed E-state index contributed by atoms with van der Waals surface area (Å²) in [6.07, 6.45) is 2.57. The number of unbranched alkanes of at least 4 members (excludes halogenated alkanes) is 2. The molecule has 9 heavy (non-hydrogen) atoms. The van der Waals surface area contributed by atoms with Crippen LogP contribution in [0.25, 0.3) is 0 Å². The summed E-state index contributed by atoms with van der Waals surface area (Å²) in [7, 11) is 0. The van der Waals surface area contributed by atoms with Crippen LogP contribution in [0.1, 0.15) is 19.3 Å². The molecule has 0 spiro atoms. The second-order valence-corrected chi connectivity index (χ2v) is 2.11. The minimum atomic E-state index is -0.203. The van der Waals surface area contributed by atoms with E-state index in [1.807, 2.05) is 0 Å². The average molecular weight is 194 g/mol. The van der Waals surface area contributed by atoms with Crippen molar-refractivity contribution in [3.63, 3.8) is 0 Å². The Morgan fingerprint density at radius 2 is 2.11 bits per heavy atom. The van der Waals surface area contributed by atoms with Gasteiger partial charge in [-0.3, -0.25) is 0 Å². The van der Waals surface area contributed by atoms with Gasteiger partial charge in [0.25, 0.3) is 0 Å². The molecule has 0 rings (SSSR count). The Hall–Kier alpha value is 0.0295. The molecule has 52 valence electrons. The maximum atomic E-state index is 11.4. The van der Waals surface area contributed by atoms with Gasteiger partial charge in [-0.25, -0.2) is 0 Å². The standard InChI is InChI=1S/C6H10FNSe/c7-4-2-1-3-5-8-6-9/h1-5H2. The Kier molecular flexibility index (Phi) is 8.06. The summed E-state index contributed by atoms with van der Waals surface area (Å²) in [6.45, 7) is 0.568. The van der Waals surface area contributed by atoms with Crippen molar-refractivity contribution in [2.24, 2.45) is 4.99 Å². The molecule has 0 aromatic rings. The van der Waals surface area contributed by atoms with Crippen LogP contribution in [0.5, 0.6) is 0 Å². The van der Waals surface area contributed by atoms with Crippen molar-refractivity contribution < 1.29 is 4.39 Å². The number of nitrogens with zero attached hydrogens (tertiary/aromatic N) is 1. The Morgan fingerprint density at radius 3 is 2.67 bits per heavy atom. The summed E-state index contributed by atoms with van der Waals surface area (Å²) in [5.41, 5.74) is 0. The van der Waals surface area contributed by atoms with E-state index in [1.54, 1.807) is 0 Å². The third-order valence-electron chi connectivity index (χ3n) is 0.968. The molecule has 3 heteroatoms. The topological polar surface area (TPSA) is 12.4 Å². The molecule has 0 aliphatic carbocycles. The van der Waals surface area contributed by atoms with Crippen molar-refractivity contribution in [1.82, 2.24) is 0 Å². The fourth-order valence-electron chi connectivity index (χ4n) is 0.508. The quantitative estimate of drug-likeness (QED) is 0.354. The van der Waals surface area contributed by atoms with Gasteiger partial charge in [0.15, 0.2) is 0 Å². The number of aliphatic imine (C=N–C) groups is 1. The number of hydrogen-bond acceptors (Lipinski definition) is 1. The SMILES string of the molecule is FCCCCCN=C=[Se]. The van der Waals surface area contributed by atoms with Crippen LogP contribution < -0.4 is 0 Å². The van der Waals surface area contributed by atoms with Gasteiger partial charge in [-0.05, 0) is 0 Å². The monoisotopic (exact) mass is 195 g/mol. The van der Waals surface area contributed by atoms with Crippen LogP contribution >= 0.6 is 0 Å². The summed E-state index contributed by atoms with van der Waals surface area (Å²) in [5.74, 6) is 0. The number of alkyl halides is 1. The van der Waals surface area contributed by atoms with Crippen LogP contribution in [0.15, 0.2) is 4.99 Å². The number of halogens is 1. The molecule has 0 radical (unpaired) electrons. The van der Waals surface area contributed by atoms with Crippen LogP contribution in [0, 0.1) is 0 Å². The summed E-state index contributed by atoms with van der Waals surface area (Å²) in [5, 5.41) is 0. The number of hydrogen-bond donors (Lipinski definition) is 0. The van der Waals surface area contributed by atoms with Crippen molar-refractivity contribution in [3.05, 3.63) is 0 Å². The van der Waals surface area contributed by atoms with Gasteiger partial charge < -0.3 is 0 Å². The summed E-state index contributed by atoms with van der Waals surface area (Å²) < 4.78 is 14.0. The van der Waals surface area contributed by atoms with Gasteiger partial charge in [0.05, 0.1) is 0 Å². The maximum absolute atomic E-state index is 11.4. The van der Waals surface area contributed by atoms with Gasteiger partial charge in [-0.15, -0.1) is 0 Å². The Balaban J connectivity index is 2.82. The fourth-order valence-corrected chi connectivity index (χ4v) is 0.699. The minimum absolute atomic E-state index is 0.203. The molecule has 0 N–H and O–H groups in total. The van der Waals surface area contributed by atoms with Crippen molar-refractivity contribution in [1.29, 1.82) is 0 Å². The van der Waals surface area contributed by atoms with Gasteiger partial charge in [0.1, 0.15) is 0 Å². The Morgan fingerprint density at radius 1 is 1.33 bits per heavy atom. The second-order valence-electron chi connectivity index (χ2n) is 1.72. The Bertz CT molecular complexity index is 99.2. The van der Waals surface area contributed by atoms with E-state index in [1.165, 1.54) is 0 Å². The van der Waals surface area contributed by atoms with E-state index < -0.39 is 0 Å². The molecule has 0 aliphatic rings. The van der Waals surface area contributed by atoms with Gasteiger partial charge in [0, 0.05) is 0 Å². The van der Waals surface area contributed by atoms with Crippen LogP contribution in [0.3, 0.4) is 0 Å². The molecule has 0 aromatic carbocycles. The summed E-state index contributed by atoms with van der Waals surface area (Å²) >= 11 is 2.54. The van der Waals surface area contributed by atoms with Crippen molar-refractivity contribution in [2.45, 2.75) is 19.3 Å². The van der Waals surface area contributed by atoms with E-state index in [4.69, 9.17) is 0 Å². The van der Waals surface area contributed by atoms with E-state index in [-0.39, 0.29) is 6.67 Å². The molecule has 0 aliphatic heterocycles. The van der Waals surface area contributed by atoms with Gasteiger partial charge >= 0.3 is 62.2 Å². The van der Waals surface area contributed by atoms with E-state index in [2.05, 4.69) is 25.3 Å². The predicted octanol–water partition coefficient (Wildman–Crippen LogP) is 1.20. The van der Waals surface area contributed by atoms with Crippen molar-refractivity contribution >= 4 is 20.3 Å². The van der Waals surface area contributed by atoms with Crippen molar-refractivity contribution in [2.75, 3.05) is 13.2 Å². The predicted molar refractivity (Wildman–Crippen MR) is 37.9 cm³/mol. The molecule has 0 saturated heterocycles. The van der Waals surface area contributed by atoms with Crippen LogP contribution in [0.2, 0.25) is 0 Å². The first-order valence-corrected chi connectivity index (χ1v) is 3.87. The first-order valence-electron chi connectivity index (χ1n) is 3.01. The molecule has 1 nitrogen and oxygen atoms in total. The molecule has 0 atom stereocenters. The van der Waals surface area contributed by atoms with E-state index in [0.29, 0.717) is 6.42 Å². The van der Waals surface area contributed by atoms with E-state index >= 15 is 0 Å². The molecule has 0 fully saturated rings. The zero-order chi connectivity index (χ0) is 6.95. The van der Waals surface area contributed by atoms with Gasteiger partial charge in [0.2, 0.25) is 0 Å². The van der Waals surface area contributed by atoms with Crippen LogP contribution in [-0.2, 0) is 0 Å². The van der Waals surface area contributed by atoms with E-state index in [9.17, 15) is 4.39 Å². The zero-order valence-electron chi connectivity index (χ0n) is 5.27. The Labute approximate surface area is 62.7 Å².